The SMILES string of the molecule is CC.CCCCCCCC/C=C\CCCCCCCC(=O)O.CCCCCCCC/C=C\CCCCCCCC(=O)OCCCOP(=O)(O)OCCN. The van der Waals surface area contributed by atoms with E-state index in [2.05, 4.69) is 42.7 Å². The zero-order valence-electron chi connectivity index (χ0n) is 35.0. The Morgan fingerprint density at radius 2 is 0.887 bits per heavy atom. The molecule has 0 amide bonds. The van der Waals surface area contributed by atoms with E-state index >= 15 is 0 Å². The summed E-state index contributed by atoms with van der Waals surface area (Å²) in [6, 6.07) is 0. The number of carbonyl (C=O) groups excluding carboxylic acids is 1. The molecule has 9 nitrogen and oxygen atoms in total. The summed E-state index contributed by atoms with van der Waals surface area (Å²) < 4.78 is 25.8. The molecule has 0 aromatic carbocycles. The molecular formula is C43H86NO8P. The number of phosphoric ester groups is 1. The normalized spacial score (nSPS) is 12.3. The molecule has 0 radical (unpaired) electrons. The standard InChI is InChI=1S/C23H46NO6P.C18H34O2.C2H6/c1-2-3-4-5-6-7-8-9-10-11-12-13-14-15-16-18-23(25)28-20-17-21-29-31(26,27)30-22-19-24;1-2-3-4-5-6-7-8-9-10-11-12-13-14-15-16-17-18(19)20;1-2/h9-10H,2-8,11-22,24H2,1H3,(H,26,27);9-10H,2-8,11-17H2,1H3,(H,19,20);1-2H3/b2*10-9-;. The van der Waals surface area contributed by atoms with Gasteiger partial charge in [-0.3, -0.25) is 18.6 Å². The molecule has 0 bridgehead atoms. The fourth-order valence-electron chi connectivity index (χ4n) is 5.39. The Balaban J connectivity index is -0.000000980. The molecule has 1 unspecified atom stereocenters. The predicted octanol–water partition coefficient (Wildman–Crippen LogP) is 13.2. The second kappa shape index (κ2) is 48.5. The molecule has 53 heavy (non-hydrogen) atoms. The van der Waals surface area contributed by atoms with Crippen molar-refractivity contribution in [3.05, 3.63) is 24.3 Å². The van der Waals surface area contributed by atoms with Gasteiger partial charge in [-0.25, -0.2) is 4.57 Å². The van der Waals surface area contributed by atoms with Gasteiger partial charge in [0.15, 0.2) is 0 Å². The van der Waals surface area contributed by atoms with Crippen LogP contribution in [0.4, 0.5) is 0 Å². The topological polar surface area (TPSA) is 145 Å². The van der Waals surface area contributed by atoms with Crippen molar-refractivity contribution in [1.82, 2.24) is 0 Å². The Kier molecular flexibility index (Phi) is 51.1. The van der Waals surface area contributed by atoms with E-state index in [1.807, 2.05) is 13.8 Å². The van der Waals surface area contributed by atoms with Crippen LogP contribution in [0, 0.1) is 0 Å². The number of nitrogens with two attached hydrogens (primary N) is 1. The Hall–Kier alpha value is -1.51. The monoisotopic (exact) mass is 776 g/mol. The van der Waals surface area contributed by atoms with E-state index in [-0.39, 0.29) is 32.3 Å². The largest absolute Gasteiger partial charge is 0.481 e. The van der Waals surface area contributed by atoms with Gasteiger partial charge in [0.05, 0.1) is 19.8 Å². The third kappa shape index (κ3) is 54.9. The molecule has 0 aliphatic carbocycles. The molecule has 4 N–H and O–H groups in total. The number of carboxylic acids is 1. The number of ether oxygens (including phenoxy) is 1. The summed E-state index contributed by atoms with van der Waals surface area (Å²) >= 11 is 0. The third-order valence-electron chi connectivity index (χ3n) is 8.47. The third-order valence-corrected chi connectivity index (χ3v) is 9.49. The number of hydrogen-bond acceptors (Lipinski definition) is 7. The van der Waals surface area contributed by atoms with Gasteiger partial charge in [-0.1, -0.05) is 155 Å². The number of carboxylic acid groups (broad SMARTS) is 1. The minimum Gasteiger partial charge on any atom is -0.481 e. The van der Waals surface area contributed by atoms with Gasteiger partial charge in [-0.15, -0.1) is 0 Å². The molecule has 0 rings (SSSR count). The molecule has 0 spiro atoms. The number of unbranched alkanes of at least 4 members (excludes halogenated alkanes) is 22. The predicted molar refractivity (Wildman–Crippen MR) is 224 cm³/mol. The minimum atomic E-state index is -4.04. The lowest BCUT2D eigenvalue weighted by Gasteiger charge is -2.11. The lowest BCUT2D eigenvalue weighted by Crippen LogP contribution is -2.10. The zero-order valence-corrected chi connectivity index (χ0v) is 35.9. The molecule has 1 atom stereocenters. The quantitative estimate of drug-likeness (QED) is 0.0241. The Morgan fingerprint density at radius 1 is 0.528 bits per heavy atom. The lowest BCUT2D eigenvalue weighted by molar-refractivity contribution is -0.144. The fraction of sp³-hybridized carbons (Fsp3) is 0.860. The van der Waals surface area contributed by atoms with Crippen molar-refractivity contribution >= 4 is 19.8 Å². The van der Waals surface area contributed by atoms with Gasteiger partial charge in [0.1, 0.15) is 0 Å². The maximum absolute atomic E-state index is 11.7. The smallest absolute Gasteiger partial charge is 0.472 e. The molecule has 0 saturated carbocycles. The van der Waals surface area contributed by atoms with Crippen molar-refractivity contribution in [1.29, 1.82) is 0 Å². The second-order valence-corrected chi connectivity index (χ2v) is 15.0. The summed E-state index contributed by atoms with van der Waals surface area (Å²) in [5, 5.41) is 8.51. The van der Waals surface area contributed by atoms with Crippen LogP contribution < -0.4 is 5.73 Å². The number of phosphoric acid groups is 1. The summed E-state index contributed by atoms with van der Waals surface area (Å²) in [5.74, 6) is -0.896. The molecule has 0 aliphatic heterocycles. The molecule has 0 aromatic heterocycles. The molecule has 10 heteroatoms. The molecule has 0 fully saturated rings. The van der Waals surface area contributed by atoms with Crippen LogP contribution in [0.15, 0.2) is 24.3 Å². The highest BCUT2D eigenvalue weighted by Crippen LogP contribution is 2.42. The first kappa shape index (κ1) is 55.8. The van der Waals surface area contributed by atoms with E-state index in [0.717, 1.165) is 38.5 Å². The number of esters is 1. The Labute approximate surface area is 327 Å². The average Bonchev–Trinajstić information content (AvgIpc) is 3.14. The Morgan fingerprint density at radius 3 is 1.28 bits per heavy atom. The zero-order chi connectivity index (χ0) is 39.9. The molecule has 316 valence electrons. The van der Waals surface area contributed by atoms with Gasteiger partial charge in [0.2, 0.25) is 0 Å². The van der Waals surface area contributed by atoms with Crippen LogP contribution in [0.1, 0.15) is 214 Å². The minimum absolute atomic E-state index is 0.0148. The number of aliphatic carboxylic acids is 1. The van der Waals surface area contributed by atoms with Gasteiger partial charge in [0, 0.05) is 25.8 Å². The highest BCUT2D eigenvalue weighted by Gasteiger charge is 2.19. The summed E-state index contributed by atoms with van der Waals surface area (Å²) in [5.41, 5.74) is 5.19. The van der Waals surface area contributed by atoms with Gasteiger partial charge < -0.3 is 20.5 Å². The number of allylic oxidation sites excluding steroid dienone is 4. The van der Waals surface area contributed by atoms with Crippen molar-refractivity contribution in [3.8, 4) is 0 Å². The number of hydrogen-bond donors (Lipinski definition) is 3. The summed E-state index contributed by atoms with van der Waals surface area (Å²) in [6.07, 6.45) is 42.5. The van der Waals surface area contributed by atoms with E-state index in [1.165, 1.54) is 128 Å². The second-order valence-electron chi connectivity index (χ2n) is 13.6. The number of rotatable bonds is 38. The summed E-state index contributed by atoms with van der Waals surface area (Å²) in [7, 11) is -4.04. The van der Waals surface area contributed by atoms with Crippen LogP contribution in [0.25, 0.3) is 0 Å². The molecule has 0 saturated heterocycles. The lowest BCUT2D eigenvalue weighted by atomic mass is 10.1. The van der Waals surface area contributed by atoms with Gasteiger partial charge in [0.25, 0.3) is 0 Å². The van der Waals surface area contributed by atoms with E-state index in [1.54, 1.807) is 0 Å². The van der Waals surface area contributed by atoms with Crippen molar-refractivity contribution in [2.24, 2.45) is 5.73 Å². The van der Waals surface area contributed by atoms with E-state index in [0.29, 0.717) is 19.3 Å². The van der Waals surface area contributed by atoms with E-state index in [9.17, 15) is 19.0 Å². The maximum Gasteiger partial charge on any atom is 0.472 e. The Bertz CT molecular complexity index is 852. The number of carbonyl (C=O) groups is 2. The average molecular weight is 776 g/mol. The summed E-state index contributed by atoms with van der Waals surface area (Å²) in [6.45, 7) is 8.76. The van der Waals surface area contributed by atoms with Gasteiger partial charge in [-0.2, -0.15) is 0 Å². The van der Waals surface area contributed by atoms with Gasteiger partial charge in [-0.05, 0) is 64.2 Å². The van der Waals surface area contributed by atoms with Crippen LogP contribution in [-0.4, -0.2) is 48.3 Å². The maximum atomic E-state index is 11.7. The first-order valence-corrected chi connectivity index (χ1v) is 23.3. The van der Waals surface area contributed by atoms with E-state index in [4.69, 9.17) is 20.1 Å². The first-order valence-electron chi connectivity index (χ1n) is 21.8. The molecule has 0 heterocycles. The van der Waals surface area contributed by atoms with Crippen molar-refractivity contribution in [2.75, 3.05) is 26.4 Å². The van der Waals surface area contributed by atoms with Crippen LogP contribution in [-0.2, 0) is 27.9 Å². The van der Waals surface area contributed by atoms with Crippen molar-refractivity contribution < 1.29 is 37.9 Å². The summed E-state index contributed by atoms with van der Waals surface area (Å²) in [4.78, 5) is 31.3. The molecular weight excluding hydrogens is 689 g/mol. The van der Waals surface area contributed by atoms with Crippen LogP contribution in [0.5, 0.6) is 0 Å². The van der Waals surface area contributed by atoms with Crippen LogP contribution in [0.3, 0.4) is 0 Å². The van der Waals surface area contributed by atoms with Gasteiger partial charge >= 0.3 is 19.8 Å². The highest BCUT2D eigenvalue weighted by molar-refractivity contribution is 7.47. The van der Waals surface area contributed by atoms with Crippen LogP contribution in [0.2, 0.25) is 0 Å². The van der Waals surface area contributed by atoms with Crippen molar-refractivity contribution in [3.63, 3.8) is 0 Å². The van der Waals surface area contributed by atoms with E-state index < -0.39 is 13.8 Å². The fourth-order valence-corrected chi connectivity index (χ4v) is 6.16. The molecule has 0 aliphatic rings. The van der Waals surface area contributed by atoms with Crippen molar-refractivity contribution in [2.45, 2.75) is 214 Å². The van der Waals surface area contributed by atoms with Crippen LogP contribution >= 0.6 is 7.82 Å². The highest BCUT2D eigenvalue weighted by atomic mass is 31.2. The molecule has 0 aromatic rings. The first-order chi connectivity index (χ1) is 25.8.